The topological polar surface area (TPSA) is 59.1 Å². The minimum atomic E-state index is -0.568. The van der Waals surface area contributed by atoms with Gasteiger partial charge in [0.2, 0.25) is 5.91 Å². The van der Waals surface area contributed by atoms with Crippen molar-refractivity contribution in [2.75, 3.05) is 26.8 Å². The van der Waals surface area contributed by atoms with Gasteiger partial charge in [-0.05, 0) is 81.8 Å². The first-order chi connectivity index (χ1) is 17.6. The van der Waals surface area contributed by atoms with Crippen molar-refractivity contribution in [2.45, 2.75) is 52.6 Å². The first-order valence-electron chi connectivity index (χ1n) is 12.6. The first-order valence-corrected chi connectivity index (χ1v) is 13.5. The van der Waals surface area contributed by atoms with Gasteiger partial charge in [0.1, 0.15) is 24.7 Å². The third-order valence-corrected chi connectivity index (χ3v) is 7.82. The summed E-state index contributed by atoms with van der Waals surface area (Å²) in [6, 6.07) is 15.1. The van der Waals surface area contributed by atoms with E-state index in [0.29, 0.717) is 24.5 Å². The number of amides is 2. The molecule has 0 spiro atoms. The summed E-state index contributed by atoms with van der Waals surface area (Å²) >= 11 is 1.72. The number of rotatable bonds is 7. The molecule has 3 aromatic rings. The highest BCUT2D eigenvalue weighted by molar-refractivity contribution is 7.10. The number of methoxy groups -OCH3 is 1. The minimum Gasteiger partial charge on any atom is -0.496 e. The SMILES string of the molecule is COc1ccccc1C(=O)N(CC(=O)N1CCc2sccc2C1COc1ccc(C)cc1C)C(C)(C)C. The van der Waals surface area contributed by atoms with Gasteiger partial charge in [0.05, 0.1) is 18.7 Å². The van der Waals surface area contributed by atoms with Crippen molar-refractivity contribution < 1.29 is 19.1 Å². The Hall–Kier alpha value is -3.32. The minimum absolute atomic E-state index is 0.0279. The lowest BCUT2D eigenvalue weighted by molar-refractivity contribution is -0.136. The van der Waals surface area contributed by atoms with Crippen LogP contribution >= 0.6 is 11.3 Å². The van der Waals surface area contributed by atoms with Crippen LogP contribution in [0.4, 0.5) is 0 Å². The fourth-order valence-corrected chi connectivity index (χ4v) is 5.74. The van der Waals surface area contributed by atoms with E-state index in [1.807, 2.05) is 56.9 Å². The molecule has 2 aromatic carbocycles. The number of thiophene rings is 1. The number of fused-ring (bicyclic) bond motifs is 1. The van der Waals surface area contributed by atoms with Gasteiger partial charge in [0, 0.05) is 17.0 Å². The molecule has 196 valence electrons. The average molecular weight is 521 g/mol. The van der Waals surface area contributed by atoms with Crippen molar-refractivity contribution in [2.24, 2.45) is 0 Å². The maximum atomic E-state index is 13.9. The number of para-hydroxylation sites is 1. The second-order valence-corrected chi connectivity index (χ2v) is 11.5. The summed E-state index contributed by atoms with van der Waals surface area (Å²) < 4.78 is 11.7. The molecular weight excluding hydrogens is 484 g/mol. The lowest BCUT2D eigenvalue weighted by Gasteiger charge is -2.40. The summed E-state index contributed by atoms with van der Waals surface area (Å²) in [5.74, 6) is 0.997. The van der Waals surface area contributed by atoms with Gasteiger partial charge < -0.3 is 19.3 Å². The molecule has 1 aliphatic heterocycles. The summed E-state index contributed by atoms with van der Waals surface area (Å²) in [5.41, 5.74) is 3.26. The van der Waals surface area contributed by atoms with E-state index in [4.69, 9.17) is 9.47 Å². The normalized spacial score (nSPS) is 15.2. The number of aryl methyl sites for hydroxylation is 2. The third kappa shape index (κ3) is 5.82. The van der Waals surface area contributed by atoms with Gasteiger partial charge in [-0.2, -0.15) is 0 Å². The summed E-state index contributed by atoms with van der Waals surface area (Å²) in [7, 11) is 1.55. The van der Waals surface area contributed by atoms with E-state index in [-0.39, 0.29) is 24.4 Å². The zero-order valence-electron chi connectivity index (χ0n) is 22.5. The molecule has 0 aliphatic carbocycles. The highest BCUT2D eigenvalue weighted by Crippen LogP contribution is 2.35. The molecule has 0 fully saturated rings. The molecule has 37 heavy (non-hydrogen) atoms. The number of nitrogens with zero attached hydrogens (tertiary/aromatic N) is 2. The molecule has 6 nitrogen and oxygen atoms in total. The molecule has 1 aliphatic rings. The van der Waals surface area contributed by atoms with Gasteiger partial charge >= 0.3 is 0 Å². The third-order valence-electron chi connectivity index (χ3n) is 6.83. The second-order valence-electron chi connectivity index (χ2n) is 10.5. The number of carbonyl (C=O) groups excluding carboxylic acids is 2. The highest BCUT2D eigenvalue weighted by atomic mass is 32.1. The van der Waals surface area contributed by atoms with Crippen molar-refractivity contribution in [1.29, 1.82) is 0 Å². The average Bonchev–Trinajstić information content (AvgIpc) is 3.34. The molecule has 7 heteroatoms. The number of hydrogen-bond acceptors (Lipinski definition) is 5. The van der Waals surface area contributed by atoms with Crippen molar-refractivity contribution in [3.8, 4) is 11.5 Å². The van der Waals surface area contributed by atoms with E-state index in [2.05, 4.69) is 24.4 Å². The van der Waals surface area contributed by atoms with Crippen molar-refractivity contribution in [1.82, 2.24) is 9.80 Å². The first kappa shape index (κ1) is 26.7. The zero-order valence-corrected chi connectivity index (χ0v) is 23.4. The van der Waals surface area contributed by atoms with E-state index in [0.717, 1.165) is 23.3 Å². The number of carbonyl (C=O) groups is 2. The number of benzene rings is 2. The van der Waals surface area contributed by atoms with Gasteiger partial charge in [-0.1, -0.05) is 29.8 Å². The largest absolute Gasteiger partial charge is 0.496 e. The lowest BCUT2D eigenvalue weighted by Crippen LogP contribution is -2.53. The zero-order chi connectivity index (χ0) is 26.7. The Bertz CT molecular complexity index is 1280. The smallest absolute Gasteiger partial charge is 0.258 e. The van der Waals surface area contributed by atoms with Crippen LogP contribution in [0.1, 0.15) is 58.7 Å². The van der Waals surface area contributed by atoms with Gasteiger partial charge in [0.25, 0.3) is 5.91 Å². The van der Waals surface area contributed by atoms with Crippen molar-refractivity contribution >= 4 is 23.2 Å². The number of hydrogen-bond donors (Lipinski definition) is 0. The van der Waals surface area contributed by atoms with Crippen LogP contribution in [0.3, 0.4) is 0 Å². The summed E-state index contributed by atoms with van der Waals surface area (Å²) in [6.45, 7) is 10.9. The Morgan fingerprint density at radius 1 is 1.08 bits per heavy atom. The molecule has 4 rings (SSSR count). The van der Waals surface area contributed by atoms with Crippen molar-refractivity contribution in [3.05, 3.63) is 81.0 Å². The van der Waals surface area contributed by atoms with Gasteiger partial charge in [0.15, 0.2) is 0 Å². The standard InChI is InChI=1S/C30H36N2O4S/c1-20-11-12-25(21(2)17-20)36-19-24-22-14-16-37-27(22)13-15-31(24)28(33)18-32(30(3,4)5)29(34)23-9-7-8-10-26(23)35-6/h7-12,14,16-17,24H,13,15,18-19H2,1-6H3. The predicted octanol–water partition coefficient (Wildman–Crippen LogP) is 5.82. The van der Waals surface area contributed by atoms with Crippen LogP contribution in [0.2, 0.25) is 0 Å². The molecule has 0 bridgehead atoms. The van der Waals surface area contributed by atoms with E-state index in [1.54, 1.807) is 35.5 Å². The summed E-state index contributed by atoms with van der Waals surface area (Å²) in [5, 5.41) is 2.08. The molecule has 2 amide bonds. The van der Waals surface area contributed by atoms with E-state index < -0.39 is 5.54 Å². The predicted molar refractivity (Wildman–Crippen MR) is 148 cm³/mol. The molecule has 0 radical (unpaired) electrons. The molecule has 0 saturated heterocycles. The quantitative estimate of drug-likeness (QED) is 0.394. The Balaban J connectivity index is 1.59. The van der Waals surface area contributed by atoms with Gasteiger partial charge in [-0.15, -0.1) is 11.3 Å². The van der Waals surface area contributed by atoms with Crippen LogP contribution in [0.15, 0.2) is 53.9 Å². The molecule has 2 heterocycles. The van der Waals surface area contributed by atoms with E-state index in [1.165, 1.54) is 10.4 Å². The van der Waals surface area contributed by atoms with Crippen LogP contribution in [0.5, 0.6) is 11.5 Å². The molecule has 1 aromatic heterocycles. The maximum Gasteiger partial charge on any atom is 0.258 e. The van der Waals surface area contributed by atoms with Crippen LogP contribution in [0, 0.1) is 13.8 Å². The summed E-state index contributed by atoms with van der Waals surface area (Å²) in [6.07, 6.45) is 0.800. The Morgan fingerprint density at radius 2 is 1.84 bits per heavy atom. The lowest BCUT2D eigenvalue weighted by atomic mass is 9.99. The van der Waals surface area contributed by atoms with Crippen LogP contribution in [-0.2, 0) is 11.2 Å². The molecule has 1 unspecified atom stereocenters. The molecule has 1 atom stereocenters. The van der Waals surface area contributed by atoms with E-state index >= 15 is 0 Å². The monoisotopic (exact) mass is 520 g/mol. The highest BCUT2D eigenvalue weighted by Gasteiger charge is 2.36. The summed E-state index contributed by atoms with van der Waals surface area (Å²) in [4.78, 5) is 32.3. The second kappa shape index (κ2) is 11.0. The van der Waals surface area contributed by atoms with Gasteiger partial charge in [-0.3, -0.25) is 9.59 Å². The number of ether oxygens (including phenoxy) is 2. The molecule has 0 N–H and O–H groups in total. The Labute approximate surface area is 223 Å². The fraction of sp³-hybridized carbons (Fsp3) is 0.400. The Kier molecular flexibility index (Phi) is 7.93. The van der Waals surface area contributed by atoms with E-state index in [9.17, 15) is 9.59 Å². The Morgan fingerprint density at radius 3 is 2.54 bits per heavy atom. The van der Waals surface area contributed by atoms with Crippen LogP contribution in [-0.4, -0.2) is 54.0 Å². The van der Waals surface area contributed by atoms with Crippen LogP contribution in [0.25, 0.3) is 0 Å². The fourth-order valence-electron chi connectivity index (χ4n) is 4.81. The van der Waals surface area contributed by atoms with Gasteiger partial charge in [-0.25, -0.2) is 0 Å². The molecule has 0 saturated carbocycles. The van der Waals surface area contributed by atoms with Crippen LogP contribution < -0.4 is 9.47 Å². The van der Waals surface area contributed by atoms with Crippen molar-refractivity contribution in [3.63, 3.8) is 0 Å². The maximum absolute atomic E-state index is 13.9. The molecular formula is C30H36N2O4S.